The molecule has 0 heterocycles. The molecule has 0 aliphatic rings. The lowest BCUT2D eigenvalue weighted by molar-refractivity contribution is -0.144. The number of aliphatic hydroxyl groups is 1. The van der Waals surface area contributed by atoms with E-state index in [-0.39, 0.29) is 19.2 Å². The number of hydrogen-bond donors (Lipinski definition) is 3. The number of carbonyl (C=O) groups excluding carboxylic acids is 1. The van der Waals surface area contributed by atoms with Gasteiger partial charge in [-0.3, -0.25) is 4.79 Å². The molecule has 0 aromatic heterocycles. The Hall–Kier alpha value is -0.650. The van der Waals surface area contributed by atoms with E-state index >= 15 is 0 Å². The van der Waals surface area contributed by atoms with Crippen LogP contribution in [-0.4, -0.2) is 43.4 Å². The van der Waals surface area contributed by atoms with E-state index in [0.29, 0.717) is 25.6 Å². The first kappa shape index (κ1) is 14.3. The molecule has 0 bridgehead atoms. The van der Waals surface area contributed by atoms with Crippen molar-refractivity contribution in [1.82, 2.24) is 5.32 Å². The van der Waals surface area contributed by atoms with Gasteiger partial charge in [-0.25, -0.2) is 0 Å². The van der Waals surface area contributed by atoms with E-state index in [4.69, 9.17) is 15.6 Å². The molecule has 0 aromatic rings. The SMILES string of the molecule is CCC(CCN)NCCC(=O)OCCO. The zero-order chi connectivity index (χ0) is 11.5. The van der Waals surface area contributed by atoms with Gasteiger partial charge in [0.15, 0.2) is 0 Å². The molecule has 90 valence electrons. The van der Waals surface area contributed by atoms with Crippen molar-refractivity contribution in [1.29, 1.82) is 0 Å². The summed E-state index contributed by atoms with van der Waals surface area (Å²) in [6.45, 7) is 3.30. The average molecular weight is 218 g/mol. The topological polar surface area (TPSA) is 84.6 Å². The molecule has 15 heavy (non-hydrogen) atoms. The highest BCUT2D eigenvalue weighted by Gasteiger charge is 2.06. The van der Waals surface area contributed by atoms with E-state index in [9.17, 15) is 4.79 Å². The molecule has 5 heteroatoms. The van der Waals surface area contributed by atoms with Gasteiger partial charge >= 0.3 is 5.97 Å². The second-order valence-corrected chi connectivity index (χ2v) is 3.33. The molecule has 0 spiro atoms. The van der Waals surface area contributed by atoms with Crippen LogP contribution < -0.4 is 11.1 Å². The number of aliphatic hydroxyl groups excluding tert-OH is 1. The highest BCUT2D eigenvalue weighted by Crippen LogP contribution is 1.96. The molecule has 0 fully saturated rings. The van der Waals surface area contributed by atoms with Gasteiger partial charge in [0.2, 0.25) is 0 Å². The molecule has 0 rings (SSSR count). The van der Waals surface area contributed by atoms with Crippen LogP contribution in [-0.2, 0) is 9.53 Å². The Morgan fingerprint density at radius 2 is 2.33 bits per heavy atom. The number of rotatable bonds is 9. The number of ether oxygens (including phenoxy) is 1. The molecule has 1 unspecified atom stereocenters. The van der Waals surface area contributed by atoms with Crippen LogP contribution in [0.5, 0.6) is 0 Å². The highest BCUT2D eigenvalue weighted by atomic mass is 16.5. The molecule has 0 radical (unpaired) electrons. The van der Waals surface area contributed by atoms with Gasteiger partial charge in [0.1, 0.15) is 6.61 Å². The minimum Gasteiger partial charge on any atom is -0.463 e. The van der Waals surface area contributed by atoms with E-state index in [1.54, 1.807) is 0 Å². The first-order valence-electron chi connectivity index (χ1n) is 5.44. The molecule has 0 aromatic carbocycles. The van der Waals surface area contributed by atoms with Crippen LogP contribution in [0.4, 0.5) is 0 Å². The van der Waals surface area contributed by atoms with Gasteiger partial charge in [-0.15, -0.1) is 0 Å². The minimum absolute atomic E-state index is 0.0822. The van der Waals surface area contributed by atoms with Crippen LogP contribution in [0.2, 0.25) is 0 Å². The molecule has 0 aliphatic heterocycles. The van der Waals surface area contributed by atoms with Gasteiger partial charge in [0.05, 0.1) is 13.0 Å². The maximum Gasteiger partial charge on any atom is 0.307 e. The lowest BCUT2D eigenvalue weighted by atomic mass is 10.1. The van der Waals surface area contributed by atoms with Crippen molar-refractivity contribution in [3.05, 3.63) is 0 Å². The molecule has 4 N–H and O–H groups in total. The number of nitrogens with two attached hydrogens (primary N) is 1. The summed E-state index contributed by atoms with van der Waals surface area (Å²) in [5.74, 6) is -0.279. The second-order valence-electron chi connectivity index (χ2n) is 3.33. The molecular formula is C10H22N2O3. The van der Waals surface area contributed by atoms with E-state index in [0.717, 1.165) is 12.8 Å². The Kier molecular flexibility index (Phi) is 9.46. The van der Waals surface area contributed by atoms with Crippen LogP contribution in [0.15, 0.2) is 0 Å². The fourth-order valence-corrected chi connectivity index (χ4v) is 1.26. The first-order chi connectivity index (χ1) is 7.24. The largest absolute Gasteiger partial charge is 0.463 e. The second kappa shape index (κ2) is 9.89. The Morgan fingerprint density at radius 3 is 2.87 bits per heavy atom. The van der Waals surface area contributed by atoms with Crippen molar-refractivity contribution in [2.75, 3.05) is 26.3 Å². The van der Waals surface area contributed by atoms with Crippen LogP contribution >= 0.6 is 0 Å². The van der Waals surface area contributed by atoms with Crippen molar-refractivity contribution in [2.45, 2.75) is 32.2 Å². The molecule has 0 amide bonds. The number of nitrogens with one attached hydrogen (secondary N) is 1. The van der Waals surface area contributed by atoms with Crippen LogP contribution in [0, 0.1) is 0 Å². The Labute approximate surface area is 91.0 Å². The van der Waals surface area contributed by atoms with Crippen LogP contribution in [0.25, 0.3) is 0 Å². The van der Waals surface area contributed by atoms with Gasteiger partial charge in [-0.1, -0.05) is 6.92 Å². The van der Waals surface area contributed by atoms with Gasteiger partial charge in [0, 0.05) is 12.6 Å². The number of carbonyl (C=O) groups is 1. The third-order valence-electron chi connectivity index (χ3n) is 2.12. The summed E-state index contributed by atoms with van der Waals surface area (Å²) in [7, 11) is 0. The van der Waals surface area contributed by atoms with E-state index in [2.05, 4.69) is 12.2 Å². The standard InChI is InChI=1S/C10H22N2O3/c1-2-9(3-5-11)12-6-4-10(14)15-8-7-13/h9,12-13H,2-8,11H2,1H3. The summed E-state index contributed by atoms with van der Waals surface area (Å²) in [4.78, 5) is 11.0. The Bertz CT molecular complexity index is 165. The molecular weight excluding hydrogens is 196 g/mol. The maximum atomic E-state index is 11.0. The zero-order valence-corrected chi connectivity index (χ0v) is 9.37. The Morgan fingerprint density at radius 1 is 1.60 bits per heavy atom. The molecule has 1 atom stereocenters. The number of esters is 1. The van der Waals surface area contributed by atoms with Gasteiger partial charge in [0.25, 0.3) is 0 Å². The summed E-state index contributed by atoms with van der Waals surface area (Å²) < 4.78 is 4.71. The predicted molar refractivity (Wildman–Crippen MR) is 58.4 cm³/mol. The Balaban J connectivity index is 3.45. The summed E-state index contributed by atoms with van der Waals surface area (Å²) in [5.41, 5.74) is 5.44. The molecule has 0 saturated heterocycles. The lowest BCUT2D eigenvalue weighted by Gasteiger charge is -2.15. The van der Waals surface area contributed by atoms with E-state index in [1.807, 2.05) is 0 Å². The quantitative estimate of drug-likeness (QED) is 0.460. The van der Waals surface area contributed by atoms with Gasteiger partial charge < -0.3 is 20.9 Å². The summed E-state index contributed by atoms with van der Waals surface area (Å²) >= 11 is 0. The van der Waals surface area contributed by atoms with Crippen molar-refractivity contribution in [3.63, 3.8) is 0 Å². The van der Waals surface area contributed by atoms with Crippen molar-refractivity contribution in [2.24, 2.45) is 5.73 Å². The fourth-order valence-electron chi connectivity index (χ4n) is 1.26. The third-order valence-corrected chi connectivity index (χ3v) is 2.12. The maximum absolute atomic E-state index is 11.0. The van der Waals surface area contributed by atoms with Gasteiger partial charge in [-0.05, 0) is 19.4 Å². The molecule has 0 saturated carbocycles. The zero-order valence-electron chi connectivity index (χ0n) is 9.37. The van der Waals surface area contributed by atoms with Crippen LogP contribution in [0.3, 0.4) is 0 Å². The van der Waals surface area contributed by atoms with Crippen LogP contribution in [0.1, 0.15) is 26.2 Å². The van der Waals surface area contributed by atoms with E-state index < -0.39 is 0 Å². The third kappa shape index (κ3) is 8.35. The normalized spacial score (nSPS) is 12.5. The monoisotopic (exact) mass is 218 g/mol. The minimum atomic E-state index is -0.279. The summed E-state index contributed by atoms with van der Waals surface area (Å²) in [6, 6.07) is 0.376. The smallest absolute Gasteiger partial charge is 0.307 e. The summed E-state index contributed by atoms with van der Waals surface area (Å²) in [5, 5.41) is 11.7. The van der Waals surface area contributed by atoms with Crippen molar-refractivity contribution >= 4 is 5.97 Å². The van der Waals surface area contributed by atoms with Crippen molar-refractivity contribution < 1.29 is 14.6 Å². The number of hydrogen-bond acceptors (Lipinski definition) is 5. The van der Waals surface area contributed by atoms with E-state index in [1.165, 1.54) is 0 Å². The van der Waals surface area contributed by atoms with Gasteiger partial charge in [-0.2, -0.15) is 0 Å². The summed E-state index contributed by atoms with van der Waals surface area (Å²) in [6.07, 6.45) is 2.26. The average Bonchev–Trinajstić information content (AvgIpc) is 2.25. The molecule has 5 nitrogen and oxygen atoms in total. The highest BCUT2D eigenvalue weighted by molar-refractivity contribution is 5.69. The first-order valence-corrected chi connectivity index (χ1v) is 5.44. The lowest BCUT2D eigenvalue weighted by Crippen LogP contribution is -2.32. The molecule has 0 aliphatic carbocycles. The predicted octanol–water partition coefficient (Wildman–Crippen LogP) is -0.371. The van der Waals surface area contributed by atoms with Crippen molar-refractivity contribution in [3.8, 4) is 0 Å². The fraction of sp³-hybridized carbons (Fsp3) is 0.900.